The van der Waals surface area contributed by atoms with Crippen molar-refractivity contribution in [1.29, 1.82) is 0 Å². The summed E-state index contributed by atoms with van der Waals surface area (Å²) < 4.78 is 0. The largest absolute Gasteiger partial charge is 0.309 e. The summed E-state index contributed by atoms with van der Waals surface area (Å²) in [5.41, 5.74) is 0.443. The molecule has 4 heteroatoms. The highest BCUT2D eigenvalue weighted by atomic mass is 16.2. The third-order valence-corrected chi connectivity index (χ3v) is 2.52. The number of amides is 2. The summed E-state index contributed by atoms with van der Waals surface area (Å²) in [5.74, 6) is -0.342. The molecule has 0 spiro atoms. The van der Waals surface area contributed by atoms with Crippen LogP contribution in [0.1, 0.15) is 20.8 Å². The maximum atomic E-state index is 11.7. The van der Waals surface area contributed by atoms with Gasteiger partial charge in [0.1, 0.15) is 0 Å². The van der Waals surface area contributed by atoms with Gasteiger partial charge in [0, 0.05) is 24.7 Å². The summed E-state index contributed by atoms with van der Waals surface area (Å²) in [5, 5.41) is 0. The Labute approximate surface area is 96.9 Å². The van der Waals surface area contributed by atoms with E-state index in [1.807, 2.05) is 14.1 Å². The smallest absolute Gasteiger partial charge is 0.256 e. The lowest BCUT2D eigenvalue weighted by molar-refractivity contribution is -0.138. The summed E-state index contributed by atoms with van der Waals surface area (Å²) in [6.45, 7) is 7.10. The molecule has 1 aliphatic heterocycles. The predicted octanol–water partition coefficient (Wildman–Crippen LogP) is 0.889. The molecule has 0 saturated heterocycles. The summed E-state index contributed by atoms with van der Waals surface area (Å²) in [6.07, 6.45) is 1.41. The number of carbonyl (C=O) groups excluding carboxylic acids is 2. The lowest BCUT2D eigenvalue weighted by Crippen LogP contribution is -2.43. The number of hydrogen-bond donors (Lipinski definition) is 0. The Bertz CT molecular complexity index is 343. The Hall–Kier alpha value is -1.16. The first-order valence-electron chi connectivity index (χ1n) is 5.42. The Morgan fingerprint density at radius 1 is 1.31 bits per heavy atom. The standard InChI is InChI=1S/C12H20N2O2/c1-9-6-10(15)14(11(9)16)8-12(2,3)7-13(4)5/h6H,7-8H2,1-5H3. The number of rotatable bonds is 4. The summed E-state index contributed by atoms with van der Waals surface area (Å²) in [4.78, 5) is 26.7. The molecule has 1 aliphatic rings. The van der Waals surface area contributed by atoms with Crippen molar-refractivity contribution in [2.45, 2.75) is 20.8 Å². The molecule has 90 valence electrons. The Morgan fingerprint density at radius 2 is 1.88 bits per heavy atom. The molecule has 16 heavy (non-hydrogen) atoms. The van der Waals surface area contributed by atoms with E-state index >= 15 is 0 Å². The van der Waals surface area contributed by atoms with Gasteiger partial charge in [-0.2, -0.15) is 0 Å². The molecule has 0 radical (unpaired) electrons. The number of imide groups is 1. The molecule has 0 fully saturated rings. The Kier molecular flexibility index (Phi) is 3.53. The van der Waals surface area contributed by atoms with Crippen molar-refractivity contribution in [1.82, 2.24) is 9.80 Å². The van der Waals surface area contributed by atoms with Gasteiger partial charge < -0.3 is 4.90 Å². The Balaban J connectivity index is 2.69. The average Bonchev–Trinajstić information content (AvgIpc) is 2.29. The SMILES string of the molecule is CC1=CC(=O)N(CC(C)(C)CN(C)C)C1=O. The van der Waals surface area contributed by atoms with Crippen LogP contribution in [0.2, 0.25) is 0 Å². The van der Waals surface area contributed by atoms with Crippen LogP contribution in [0.15, 0.2) is 11.6 Å². The van der Waals surface area contributed by atoms with Gasteiger partial charge >= 0.3 is 0 Å². The quantitative estimate of drug-likeness (QED) is 0.666. The van der Waals surface area contributed by atoms with Crippen LogP contribution in [-0.2, 0) is 9.59 Å². The van der Waals surface area contributed by atoms with Crippen LogP contribution in [0.25, 0.3) is 0 Å². The van der Waals surface area contributed by atoms with Crippen molar-refractivity contribution in [3.05, 3.63) is 11.6 Å². The van der Waals surface area contributed by atoms with E-state index in [0.29, 0.717) is 12.1 Å². The van der Waals surface area contributed by atoms with E-state index in [1.165, 1.54) is 11.0 Å². The van der Waals surface area contributed by atoms with Gasteiger partial charge in [0.2, 0.25) is 0 Å². The maximum Gasteiger partial charge on any atom is 0.256 e. The van der Waals surface area contributed by atoms with E-state index in [0.717, 1.165) is 6.54 Å². The van der Waals surface area contributed by atoms with Crippen LogP contribution in [0, 0.1) is 5.41 Å². The third kappa shape index (κ3) is 2.92. The molecule has 0 aliphatic carbocycles. The van der Waals surface area contributed by atoms with Crippen molar-refractivity contribution in [2.24, 2.45) is 5.41 Å². The lowest BCUT2D eigenvalue weighted by atomic mass is 9.92. The van der Waals surface area contributed by atoms with Gasteiger partial charge in [0.05, 0.1) is 0 Å². The zero-order valence-corrected chi connectivity index (χ0v) is 10.7. The average molecular weight is 224 g/mol. The van der Waals surface area contributed by atoms with Crippen molar-refractivity contribution < 1.29 is 9.59 Å². The second-order valence-electron chi connectivity index (χ2n) is 5.46. The van der Waals surface area contributed by atoms with Crippen LogP contribution in [0.3, 0.4) is 0 Å². The van der Waals surface area contributed by atoms with Crippen molar-refractivity contribution in [3.8, 4) is 0 Å². The second-order valence-corrected chi connectivity index (χ2v) is 5.46. The highest BCUT2D eigenvalue weighted by molar-refractivity contribution is 6.15. The highest BCUT2D eigenvalue weighted by Crippen LogP contribution is 2.22. The van der Waals surface area contributed by atoms with E-state index in [4.69, 9.17) is 0 Å². The molecular formula is C12H20N2O2. The first-order valence-corrected chi connectivity index (χ1v) is 5.42. The number of hydrogen-bond acceptors (Lipinski definition) is 3. The molecule has 0 saturated carbocycles. The molecule has 0 aromatic rings. The second kappa shape index (κ2) is 4.37. The molecule has 0 aromatic heterocycles. The zero-order valence-electron chi connectivity index (χ0n) is 10.7. The summed E-state index contributed by atoms with van der Waals surface area (Å²) in [7, 11) is 3.97. The van der Waals surface area contributed by atoms with Gasteiger partial charge in [-0.05, 0) is 26.4 Å². The van der Waals surface area contributed by atoms with E-state index in [1.54, 1.807) is 6.92 Å². The van der Waals surface area contributed by atoms with E-state index in [9.17, 15) is 9.59 Å². The van der Waals surface area contributed by atoms with Gasteiger partial charge in [0.15, 0.2) is 0 Å². The van der Waals surface area contributed by atoms with Crippen molar-refractivity contribution in [2.75, 3.05) is 27.2 Å². The molecule has 0 aromatic carbocycles. The van der Waals surface area contributed by atoms with E-state index in [-0.39, 0.29) is 17.2 Å². The number of carbonyl (C=O) groups is 2. The van der Waals surface area contributed by atoms with Crippen LogP contribution < -0.4 is 0 Å². The van der Waals surface area contributed by atoms with Gasteiger partial charge in [-0.1, -0.05) is 13.8 Å². The molecular weight excluding hydrogens is 204 g/mol. The molecule has 2 amide bonds. The minimum absolute atomic E-state index is 0.0900. The maximum absolute atomic E-state index is 11.7. The molecule has 1 rings (SSSR count). The first-order chi connectivity index (χ1) is 7.23. The van der Waals surface area contributed by atoms with Crippen LogP contribution in [-0.4, -0.2) is 48.8 Å². The third-order valence-electron chi connectivity index (χ3n) is 2.52. The molecule has 0 atom stereocenters. The highest BCUT2D eigenvalue weighted by Gasteiger charge is 2.33. The Morgan fingerprint density at radius 3 is 2.25 bits per heavy atom. The fourth-order valence-electron chi connectivity index (χ4n) is 2.12. The lowest BCUT2D eigenvalue weighted by Gasteiger charge is -2.31. The topological polar surface area (TPSA) is 40.6 Å². The molecule has 4 nitrogen and oxygen atoms in total. The molecule has 1 heterocycles. The van der Waals surface area contributed by atoms with Crippen LogP contribution in [0.4, 0.5) is 0 Å². The summed E-state index contributed by atoms with van der Waals surface area (Å²) in [6, 6.07) is 0. The minimum Gasteiger partial charge on any atom is -0.309 e. The van der Waals surface area contributed by atoms with Crippen molar-refractivity contribution >= 4 is 11.8 Å². The minimum atomic E-state index is -0.186. The van der Waals surface area contributed by atoms with E-state index in [2.05, 4.69) is 18.7 Å². The van der Waals surface area contributed by atoms with Crippen molar-refractivity contribution in [3.63, 3.8) is 0 Å². The van der Waals surface area contributed by atoms with Gasteiger partial charge in [-0.25, -0.2) is 0 Å². The molecule has 0 bridgehead atoms. The van der Waals surface area contributed by atoms with Crippen LogP contribution in [0.5, 0.6) is 0 Å². The van der Waals surface area contributed by atoms with Gasteiger partial charge in [0.25, 0.3) is 11.8 Å². The fraction of sp³-hybridized carbons (Fsp3) is 0.667. The van der Waals surface area contributed by atoms with E-state index < -0.39 is 0 Å². The molecule has 0 unspecified atom stereocenters. The predicted molar refractivity (Wildman–Crippen MR) is 62.8 cm³/mol. The van der Waals surface area contributed by atoms with Gasteiger partial charge in [-0.3, -0.25) is 14.5 Å². The van der Waals surface area contributed by atoms with Gasteiger partial charge in [-0.15, -0.1) is 0 Å². The fourth-order valence-corrected chi connectivity index (χ4v) is 2.12. The zero-order chi connectivity index (χ0) is 12.5. The molecule has 0 N–H and O–H groups in total. The first kappa shape index (κ1) is 12.9. The monoisotopic (exact) mass is 224 g/mol. The number of nitrogens with zero attached hydrogens (tertiary/aromatic N) is 2. The summed E-state index contributed by atoms with van der Waals surface area (Å²) >= 11 is 0. The van der Waals surface area contributed by atoms with Crippen LogP contribution >= 0.6 is 0 Å². The normalized spacial score (nSPS) is 17.4.